The van der Waals surface area contributed by atoms with Crippen LogP contribution >= 0.6 is 0 Å². The Labute approximate surface area is 80.5 Å². The topological polar surface area (TPSA) is 44.0 Å². The van der Waals surface area contributed by atoms with Gasteiger partial charge in [0.25, 0.3) is 0 Å². The lowest BCUT2D eigenvalue weighted by Gasteiger charge is -1.99. The van der Waals surface area contributed by atoms with Crippen LogP contribution in [-0.2, 0) is 0 Å². The first-order chi connectivity index (χ1) is 6.26. The summed E-state index contributed by atoms with van der Waals surface area (Å²) in [7, 11) is 0. The average Bonchev–Trinajstić information content (AvgIpc) is 2.21. The van der Waals surface area contributed by atoms with Gasteiger partial charge in [0, 0.05) is 0 Å². The predicted molar refractivity (Wildman–Crippen MR) is 56.1 cm³/mol. The maximum Gasteiger partial charge on any atom is 0.165 e. The number of rotatable bonds is 3. The number of nitrogens with zero attached hydrogens (tertiary/aromatic N) is 1. The zero-order valence-corrected chi connectivity index (χ0v) is 8.49. The van der Waals surface area contributed by atoms with Gasteiger partial charge in [-0.3, -0.25) is 0 Å². The number of nitriles is 1. The molecular weight excluding hydrogens is 162 g/mol. The Balaban J connectivity index is 0. The molecule has 0 aliphatic carbocycles. The molecule has 72 valence electrons. The van der Waals surface area contributed by atoms with Crippen LogP contribution in [0.5, 0.6) is 0 Å². The summed E-state index contributed by atoms with van der Waals surface area (Å²) in [5, 5.41) is 17.4. The molecule has 0 aromatic rings. The minimum absolute atomic E-state index is 0.590. The van der Waals surface area contributed by atoms with Gasteiger partial charge in [-0.2, -0.15) is 5.26 Å². The van der Waals surface area contributed by atoms with Crippen LogP contribution in [0.2, 0.25) is 0 Å². The molecule has 0 aromatic carbocycles. The van der Waals surface area contributed by atoms with Crippen LogP contribution in [0.4, 0.5) is 0 Å². The van der Waals surface area contributed by atoms with Gasteiger partial charge in [0.1, 0.15) is 0 Å². The molecule has 0 heterocycles. The maximum atomic E-state index is 9.03. The summed E-state index contributed by atoms with van der Waals surface area (Å²) in [6.07, 6.45) is 5.58. The minimum Gasteiger partial charge on any atom is -0.374 e. The van der Waals surface area contributed by atoms with Gasteiger partial charge < -0.3 is 5.11 Å². The molecule has 1 atom stereocenters. The smallest absolute Gasteiger partial charge is 0.165 e. The number of hydrogen-bond acceptors (Lipinski definition) is 2. The molecule has 0 amide bonds. The molecule has 0 radical (unpaired) electrons. The van der Waals surface area contributed by atoms with Gasteiger partial charge in [0.05, 0.1) is 6.07 Å². The van der Waals surface area contributed by atoms with Crippen LogP contribution in [0.1, 0.15) is 20.8 Å². The molecule has 1 unspecified atom stereocenters. The van der Waals surface area contributed by atoms with Gasteiger partial charge in [-0.1, -0.05) is 44.7 Å². The van der Waals surface area contributed by atoms with Crippen molar-refractivity contribution in [3.8, 4) is 6.07 Å². The van der Waals surface area contributed by atoms with Crippen molar-refractivity contribution in [2.75, 3.05) is 0 Å². The Morgan fingerprint density at radius 1 is 1.54 bits per heavy atom. The number of aliphatic hydroxyl groups excluding tert-OH is 1. The molecular formula is C11H17NO. The second-order valence-electron chi connectivity index (χ2n) is 1.92. The molecule has 2 nitrogen and oxygen atoms in total. The second-order valence-corrected chi connectivity index (χ2v) is 1.92. The number of aliphatic hydroxyl groups is 1. The van der Waals surface area contributed by atoms with Crippen molar-refractivity contribution in [2.24, 2.45) is 0 Å². The largest absolute Gasteiger partial charge is 0.374 e. The quantitative estimate of drug-likeness (QED) is 0.534. The fraction of sp³-hybridized carbons (Fsp3) is 0.364. The SMILES string of the molecule is C=C/C=C\C(=C/C)C(O)C#N.CC. The lowest BCUT2D eigenvalue weighted by molar-refractivity contribution is 0.269. The van der Waals surface area contributed by atoms with E-state index in [0.717, 1.165) is 0 Å². The van der Waals surface area contributed by atoms with E-state index in [-0.39, 0.29) is 0 Å². The normalized spacial score (nSPS) is 12.7. The predicted octanol–water partition coefficient (Wildman–Crippen LogP) is 2.59. The van der Waals surface area contributed by atoms with E-state index in [1.807, 2.05) is 13.8 Å². The van der Waals surface area contributed by atoms with Crippen molar-refractivity contribution >= 4 is 0 Å². The molecule has 0 fully saturated rings. The Hall–Kier alpha value is -1.33. The monoisotopic (exact) mass is 179 g/mol. The van der Waals surface area contributed by atoms with Crippen LogP contribution in [-0.4, -0.2) is 11.2 Å². The van der Waals surface area contributed by atoms with E-state index in [0.29, 0.717) is 5.57 Å². The maximum absolute atomic E-state index is 9.03. The van der Waals surface area contributed by atoms with E-state index < -0.39 is 6.10 Å². The fourth-order valence-electron chi connectivity index (χ4n) is 0.599. The van der Waals surface area contributed by atoms with Crippen molar-refractivity contribution < 1.29 is 5.11 Å². The first kappa shape index (κ1) is 14.2. The number of hydrogen-bond donors (Lipinski definition) is 1. The van der Waals surface area contributed by atoms with Crippen molar-refractivity contribution in [3.63, 3.8) is 0 Å². The van der Waals surface area contributed by atoms with E-state index >= 15 is 0 Å². The zero-order valence-electron chi connectivity index (χ0n) is 8.49. The van der Waals surface area contributed by atoms with E-state index in [1.165, 1.54) is 0 Å². The van der Waals surface area contributed by atoms with Crippen molar-refractivity contribution in [1.29, 1.82) is 5.26 Å². The Bertz CT molecular complexity index is 221. The highest BCUT2D eigenvalue weighted by atomic mass is 16.3. The molecule has 0 saturated carbocycles. The minimum atomic E-state index is -1.03. The molecule has 0 spiro atoms. The van der Waals surface area contributed by atoms with Crippen LogP contribution < -0.4 is 0 Å². The highest BCUT2D eigenvalue weighted by Crippen LogP contribution is 2.02. The van der Waals surface area contributed by atoms with Crippen LogP contribution in [0.25, 0.3) is 0 Å². The van der Waals surface area contributed by atoms with Crippen molar-refractivity contribution in [3.05, 3.63) is 36.5 Å². The summed E-state index contributed by atoms with van der Waals surface area (Å²) in [6, 6.07) is 1.73. The highest BCUT2D eigenvalue weighted by Gasteiger charge is 2.02. The molecule has 0 aromatic heterocycles. The van der Waals surface area contributed by atoms with Gasteiger partial charge in [-0.05, 0) is 12.5 Å². The Kier molecular flexibility index (Phi) is 11.7. The van der Waals surface area contributed by atoms with Gasteiger partial charge in [-0.15, -0.1) is 0 Å². The summed E-state index contributed by atoms with van der Waals surface area (Å²) >= 11 is 0. The molecule has 0 aliphatic heterocycles. The first-order valence-electron chi connectivity index (χ1n) is 4.29. The first-order valence-corrected chi connectivity index (χ1v) is 4.29. The fourth-order valence-corrected chi connectivity index (χ4v) is 0.599. The second kappa shape index (κ2) is 10.7. The van der Waals surface area contributed by atoms with E-state index in [9.17, 15) is 0 Å². The summed E-state index contributed by atoms with van der Waals surface area (Å²) < 4.78 is 0. The lowest BCUT2D eigenvalue weighted by Crippen LogP contribution is -2.04. The third kappa shape index (κ3) is 7.04. The van der Waals surface area contributed by atoms with Gasteiger partial charge in [0.2, 0.25) is 0 Å². The standard InChI is InChI=1S/C9H11NO.C2H6/c1-3-5-6-8(4-2)9(11)7-10;1-2/h3-6,9,11H,1H2,2H3;1-2H3/b6-5-,8-4+;. The highest BCUT2D eigenvalue weighted by molar-refractivity contribution is 5.28. The molecule has 0 bridgehead atoms. The molecule has 2 heteroatoms. The van der Waals surface area contributed by atoms with Gasteiger partial charge in [0.15, 0.2) is 6.10 Å². The van der Waals surface area contributed by atoms with E-state index in [1.54, 1.807) is 37.3 Å². The number of allylic oxidation sites excluding steroid dienone is 3. The molecule has 0 aliphatic rings. The van der Waals surface area contributed by atoms with Crippen molar-refractivity contribution in [2.45, 2.75) is 26.9 Å². The average molecular weight is 179 g/mol. The third-order valence-electron chi connectivity index (χ3n) is 1.20. The summed E-state index contributed by atoms with van der Waals surface area (Å²) in [5.74, 6) is 0. The third-order valence-corrected chi connectivity index (χ3v) is 1.20. The van der Waals surface area contributed by atoms with Gasteiger partial charge in [-0.25, -0.2) is 0 Å². The molecule has 0 saturated heterocycles. The zero-order chi connectivity index (χ0) is 10.7. The van der Waals surface area contributed by atoms with E-state index in [4.69, 9.17) is 10.4 Å². The summed E-state index contributed by atoms with van der Waals surface area (Å²) in [5.41, 5.74) is 0.590. The Morgan fingerprint density at radius 2 is 2.08 bits per heavy atom. The van der Waals surface area contributed by atoms with Crippen LogP contribution in [0.3, 0.4) is 0 Å². The van der Waals surface area contributed by atoms with Gasteiger partial charge >= 0.3 is 0 Å². The molecule has 0 rings (SSSR count). The summed E-state index contributed by atoms with van der Waals surface area (Å²) in [4.78, 5) is 0. The van der Waals surface area contributed by atoms with E-state index in [2.05, 4.69) is 6.58 Å². The molecule has 1 N–H and O–H groups in total. The lowest BCUT2D eigenvalue weighted by atomic mass is 10.1. The van der Waals surface area contributed by atoms with Crippen LogP contribution in [0, 0.1) is 11.3 Å². The van der Waals surface area contributed by atoms with Crippen LogP contribution in [0.15, 0.2) is 36.5 Å². The van der Waals surface area contributed by atoms with Crippen molar-refractivity contribution in [1.82, 2.24) is 0 Å². The summed E-state index contributed by atoms with van der Waals surface area (Å²) in [6.45, 7) is 9.24. The molecule has 13 heavy (non-hydrogen) atoms. The Morgan fingerprint density at radius 3 is 2.38 bits per heavy atom.